The molecule has 0 aliphatic carbocycles. The predicted octanol–water partition coefficient (Wildman–Crippen LogP) is 1.39. The number of carbonyl (C=O) groups is 2. The number of Topliss-reactive ketones (excluding diaryl/α,β-unsaturated/α-hetero) is 1. The van der Waals surface area contributed by atoms with Crippen molar-refractivity contribution in [1.82, 2.24) is 0 Å². The third-order valence-electron chi connectivity index (χ3n) is 1.77. The van der Waals surface area contributed by atoms with E-state index in [2.05, 4.69) is 0 Å². The van der Waals surface area contributed by atoms with Crippen LogP contribution in [-0.4, -0.2) is 11.7 Å². The summed E-state index contributed by atoms with van der Waals surface area (Å²) in [7, 11) is 0. The molecule has 1 aromatic carbocycles. The molecule has 0 saturated heterocycles. The molecular weight excluding hydrogens is 178 g/mol. The average molecular weight is 189 g/mol. The van der Waals surface area contributed by atoms with Gasteiger partial charge in [-0.1, -0.05) is 24.3 Å². The molecule has 2 N–H and O–H groups in total. The van der Waals surface area contributed by atoms with E-state index < -0.39 is 5.91 Å². The van der Waals surface area contributed by atoms with Gasteiger partial charge in [-0.25, -0.2) is 0 Å². The van der Waals surface area contributed by atoms with Gasteiger partial charge in [-0.3, -0.25) is 9.59 Å². The third kappa shape index (κ3) is 2.55. The highest BCUT2D eigenvalue weighted by Gasteiger charge is 2.02. The first-order valence-corrected chi connectivity index (χ1v) is 4.18. The van der Waals surface area contributed by atoms with Crippen LogP contribution in [0.5, 0.6) is 0 Å². The molecule has 0 aliphatic heterocycles. The number of rotatable bonds is 3. The van der Waals surface area contributed by atoms with E-state index >= 15 is 0 Å². The first kappa shape index (κ1) is 10.2. The Balaban J connectivity index is 3.07. The largest absolute Gasteiger partial charge is 0.366 e. The number of ketones is 1. The van der Waals surface area contributed by atoms with E-state index in [0.29, 0.717) is 11.1 Å². The maximum Gasteiger partial charge on any atom is 0.241 e. The highest BCUT2D eigenvalue weighted by atomic mass is 16.1. The highest BCUT2D eigenvalue weighted by Crippen LogP contribution is 2.10. The van der Waals surface area contributed by atoms with Crippen LogP contribution in [0, 0.1) is 0 Å². The summed E-state index contributed by atoms with van der Waals surface area (Å²) in [6, 6.07) is 7.05. The van der Waals surface area contributed by atoms with E-state index in [-0.39, 0.29) is 5.78 Å². The zero-order valence-corrected chi connectivity index (χ0v) is 7.86. The molecule has 0 unspecified atom stereocenters. The molecule has 0 aromatic heterocycles. The van der Waals surface area contributed by atoms with E-state index in [1.54, 1.807) is 30.3 Å². The minimum absolute atomic E-state index is 0.0327. The molecule has 14 heavy (non-hydrogen) atoms. The van der Waals surface area contributed by atoms with Crippen molar-refractivity contribution in [3.8, 4) is 0 Å². The molecular formula is C11H11NO2. The minimum Gasteiger partial charge on any atom is -0.366 e. The third-order valence-corrected chi connectivity index (χ3v) is 1.77. The Kier molecular flexibility index (Phi) is 3.18. The predicted molar refractivity (Wildman–Crippen MR) is 54.7 cm³/mol. The first-order chi connectivity index (χ1) is 6.61. The minimum atomic E-state index is -0.525. The molecule has 1 rings (SSSR count). The van der Waals surface area contributed by atoms with E-state index in [1.165, 1.54) is 13.0 Å². The van der Waals surface area contributed by atoms with Gasteiger partial charge in [0.1, 0.15) is 0 Å². The first-order valence-electron chi connectivity index (χ1n) is 4.18. The van der Waals surface area contributed by atoms with Gasteiger partial charge < -0.3 is 5.73 Å². The van der Waals surface area contributed by atoms with Gasteiger partial charge in [0.05, 0.1) is 0 Å². The lowest BCUT2D eigenvalue weighted by atomic mass is 10.0. The van der Waals surface area contributed by atoms with Crippen molar-refractivity contribution in [2.24, 2.45) is 5.73 Å². The van der Waals surface area contributed by atoms with Crippen LogP contribution >= 0.6 is 0 Å². The van der Waals surface area contributed by atoms with Gasteiger partial charge in [0.15, 0.2) is 5.78 Å². The molecule has 1 aromatic rings. The molecule has 3 heteroatoms. The summed E-state index contributed by atoms with van der Waals surface area (Å²) in [5.74, 6) is -0.557. The molecule has 0 saturated carbocycles. The smallest absolute Gasteiger partial charge is 0.241 e. The van der Waals surface area contributed by atoms with Gasteiger partial charge in [-0.05, 0) is 18.6 Å². The zero-order valence-electron chi connectivity index (χ0n) is 7.86. The van der Waals surface area contributed by atoms with Crippen LogP contribution in [0.3, 0.4) is 0 Å². The van der Waals surface area contributed by atoms with Crippen LogP contribution in [0.2, 0.25) is 0 Å². The zero-order chi connectivity index (χ0) is 10.6. The lowest BCUT2D eigenvalue weighted by Crippen LogP contribution is -2.05. The number of amides is 1. The number of hydrogen-bond acceptors (Lipinski definition) is 2. The van der Waals surface area contributed by atoms with Crippen LogP contribution in [-0.2, 0) is 4.79 Å². The van der Waals surface area contributed by atoms with Gasteiger partial charge in [-0.15, -0.1) is 0 Å². The maximum absolute atomic E-state index is 11.2. The van der Waals surface area contributed by atoms with Crippen LogP contribution in [0.4, 0.5) is 0 Å². The van der Waals surface area contributed by atoms with Crippen LogP contribution in [0.25, 0.3) is 6.08 Å². The normalized spacial score (nSPS) is 10.4. The quantitative estimate of drug-likeness (QED) is 0.577. The summed E-state index contributed by atoms with van der Waals surface area (Å²) in [6.45, 7) is 1.48. The number of carbonyl (C=O) groups excluding carboxylic acids is 2. The molecule has 0 aliphatic rings. The monoisotopic (exact) mass is 189 g/mol. The SMILES string of the molecule is CC(=O)c1ccccc1C=CC(N)=O. The van der Waals surface area contributed by atoms with Crippen molar-refractivity contribution in [3.63, 3.8) is 0 Å². The Morgan fingerprint density at radius 2 is 1.93 bits per heavy atom. The lowest BCUT2D eigenvalue weighted by molar-refractivity contribution is -0.113. The fourth-order valence-electron chi connectivity index (χ4n) is 1.13. The molecule has 0 atom stereocenters. The fourth-order valence-corrected chi connectivity index (χ4v) is 1.13. The number of hydrogen-bond donors (Lipinski definition) is 1. The second kappa shape index (κ2) is 4.37. The van der Waals surface area contributed by atoms with E-state index in [1.807, 2.05) is 0 Å². The standard InChI is InChI=1S/C11H11NO2/c1-8(13)10-5-3-2-4-9(10)6-7-11(12)14/h2-7H,1H3,(H2,12,14). The average Bonchev–Trinajstić information content (AvgIpc) is 2.15. The van der Waals surface area contributed by atoms with Crippen LogP contribution in [0.15, 0.2) is 30.3 Å². The summed E-state index contributed by atoms with van der Waals surface area (Å²) in [5.41, 5.74) is 6.25. The molecule has 0 fully saturated rings. The second-order valence-corrected chi connectivity index (χ2v) is 2.88. The molecule has 72 valence electrons. The fraction of sp³-hybridized carbons (Fsp3) is 0.0909. The molecule has 0 bridgehead atoms. The number of primary amides is 1. The number of benzene rings is 1. The van der Waals surface area contributed by atoms with E-state index in [0.717, 1.165) is 0 Å². The van der Waals surface area contributed by atoms with Crippen LogP contribution < -0.4 is 5.73 Å². The van der Waals surface area contributed by atoms with Crippen molar-refractivity contribution in [2.75, 3.05) is 0 Å². The van der Waals surface area contributed by atoms with Gasteiger partial charge in [0.25, 0.3) is 0 Å². The van der Waals surface area contributed by atoms with Crippen molar-refractivity contribution in [1.29, 1.82) is 0 Å². The van der Waals surface area contributed by atoms with Gasteiger partial charge in [0.2, 0.25) is 5.91 Å². The number of nitrogens with two attached hydrogens (primary N) is 1. The Hall–Kier alpha value is -1.90. The molecule has 0 radical (unpaired) electrons. The van der Waals surface area contributed by atoms with Crippen molar-refractivity contribution >= 4 is 17.8 Å². The van der Waals surface area contributed by atoms with E-state index in [4.69, 9.17) is 5.73 Å². The van der Waals surface area contributed by atoms with Crippen LogP contribution in [0.1, 0.15) is 22.8 Å². The Labute approximate surface area is 82.2 Å². The van der Waals surface area contributed by atoms with Gasteiger partial charge in [-0.2, -0.15) is 0 Å². The Bertz CT molecular complexity index is 394. The van der Waals surface area contributed by atoms with Gasteiger partial charge >= 0.3 is 0 Å². The summed E-state index contributed by atoms with van der Waals surface area (Å²) < 4.78 is 0. The lowest BCUT2D eigenvalue weighted by Gasteiger charge is -2.00. The second-order valence-electron chi connectivity index (χ2n) is 2.88. The van der Waals surface area contributed by atoms with Crippen molar-refractivity contribution in [3.05, 3.63) is 41.5 Å². The Morgan fingerprint density at radius 3 is 2.50 bits per heavy atom. The van der Waals surface area contributed by atoms with Gasteiger partial charge in [0, 0.05) is 11.6 Å². The molecule has 3 nitrogen and oxygen atoms in total. The molecule has 1 amide bonds. The summed E-state index contributed by atoms with van der Waals surface area (Å²) in [6.07, 6.45) is 2.78. The van der Waals surface area contributed by atoms with E-state index in [9.17, 15) is 9.59 Å². The maximum atomic E-state index is 11.2. The topological polar surface area (TPSA) is 60.2 Å². The summed E-state index contributed by atoms with van der Waals surface area (Å²) in [5, 5.41) is 0. The molecule has 0 spiro atoms. The molecule has 0 heterocycles. The summed E-state index contributed by atoms with van der Waals surface area (Å²) in [4.78, 5) is 21.7. The van der Waals surface area contributed by atoms with Crippen molar-refractivity contribution in [2.45, 2.75) is 6.92 Å². The summed E-state index contributed by atoms with van der Waals surface area (Å²) >= 11 is 0. The highest BCUT2D eigenvalue weighted by molar-refractivity contribution is 5.99. The van der Waals surface area contributed by atoms with Crippen molar-refractivity contribution < 1.29 is 9.59 Å². The Morgan fingerprint density at radius 1 is 1.29 bits per heavy atom.